The lowest BCUT2D eigenvalue weighted by Gasteiger charge is -2.27. The van der Waals surface area contributed by atoms with Gasteiger partial charge in [-0.2, -0.15) is 5.10 Å². The summed E-state index contributed by atoms with van der Waals surface area (Å²) in [6, 6.07) is 0.0396. The maximum atomic E-state index is 11.7. The van der Waals surface area contributed by atoms with Crippen molar-refractivity contribution < 1.29 is 9.53 Å². The van der Waals surface area contributed by atoms with Crippen molar-refractivity contribution in [1.29, 1.82) is 0 Å². The van der Waals surface area contributed by atoms with Gasteiger partial charge >= 0.3 is 6.09 Å². The third kappa shape index (κ3) is 6.59. The van der Waals surface area contributed by atoms with Gasteiger partial charge in [-0.1, -0.05) is 0 Å². The summed E-state index contributed by atoms with van der Waals surface area (Å²) in [6.07, 6.45) is 3.37. The van der Waals surface area contributed by atoms with Gasteiger partial charge in [0, 0.05) is 44.5 Å². The zero-order chi connectivity index (χ0) is 16.0. The Balaban J connectivity index is 2.45. The molecule has 0 saturated carbocycles. The Hall–Kier alpha value is -1.60. The van der Waals surface area contributed by atoms with E-state index in [9.17, 15) is 4.79 Å². The van der Waals surface area contributed by atoms with E-state index in [0.717, 1.165) is 12.1 Å². The molecule has 1 amide bonds. The Morgan fingerprint density at radius 2 is 2.24 bits per heavy atom. The maximum absolute atomic E-state index is 11.7. The van der Waals surface area contributed by atoms with Gasteiger partial charge in [-0.05, 0) is 27.8 Å². The number of nitrogens with two attached hydrogens (primary N) is 1. The number of ether oxygens (including phenoxy) is 1. The van der Waals surface area contributed by atoms with Crippen molar-refractivity contribution in [2.75, 3.05) is 20.1 Å². The molecule has 0 aliphatic heterocycles. The van der Waals surface area contributed by atoms with Crippen molar-refractivity contribution in [3.63, 3.8) is 0 Å². The second kappa shape index (κ2) is 7.42. The van der Waals surface area contributed by atoms with Crippen LogP contribution in [-0.2, 0) is 18.3 Å². The first-order valence-corrected chi connectivity index (χ1v) is 7.06. The number of likely N-dealkylation sites (N-methyl/N-ethyl adjacent to an activating group) is 1. The predicted molar refractivity (Wildman–Crippen MR) is 81.8 cm³/mol. The van der Waals surface area contributed by atoms with Crippen molar-refractivity contribution in [2.24, 2.45) is 12.8 Å². The number of amides is 1. The van der Waals surface area contributed by atoms with Crippen LogP contribution >= 0.6 is 0 Å². The fourth-order valence-corrected chi connectivity index (χ4v) is 1.91. The highest BCUT2D eigenvalue weighted by Crippen LogP contribution is 2.07. The first-order chi connectivity index (χ1) is 9.71. The molecule has 0 aliphatic rings. The van der Waals surface area contributed by atoms with Gasteiger partial charge < -0.3 is 15.8 Å². The Morgan fingerprint density at radius 1 is 1.57 bits per heavy atom. The van der Waals surface area contributed by atoms with Crippen LogP contribution < -0.4 is 11.1 Å². The van der Waals surface area contributed by atoms with Crippen LogP contribution in [0.1, 0.15) is 26.3 Å². The molecule has 0 radical (unpaired) electrons. The van der Waals surface area contributed by atoms with E-state index < -0.39 is 11.7 Å². The average molecular weight is 297 g/mol. The predicted octanol–water partition coefficient (Wildman–Crippen LogP) is 0.704. The van der Waals surface area contributed by atoms with Gasteiger partial charge in [0.05, 0.1) is 6.20 Å². The van der Waals surface area contributed by atoms with Gasteiger partial charge in [-0.15, -0.1) is 0 Å². The van der Waals surface area contributed by atoms with E-state index >= 15 is 0 Å². The highest BCUT2D eigenvalue weighted by atomic mass is 16.6. The maximum Gasteiger partial charge on any atom is 0.407 e. The van der Waals surface area contributed by atoms with E-state index in [1.807, 2.05) is 47.3 Å². The van der Waals surface area contributed by atoms with Crippen molar-refractivity contribution in [2.45, 2.75) is 39.0 Å². The zero-order valence-corrected chi connectivity index (χ0v) is 13.6. The highest BCUT2D eigenvalue weighted by Gasteiger charge is 2.19. The monoisotopic (exact) mass is 297 g/mol. The van der Waals surface area contributed by atoms with Crippen molar-refractivity contribution in [1.82, 2.24) is 20.0 Å². The molecular formula is C14H27N5O2. The summed E-state index contributed by atoms with van der Waals surface area (Å²) < 4.78 is 6.97. The van der Waals surface area contributed by atoms with Gasteiger partial charge in [-0.25, -0.2) is 4.79 Å². The number of hydrogen-bond acceptors (Lipinski definition) is 5. The number of nitrogens with zero attached hydrogens (tertiary/aromatic N) is 3. The number of nitrogens with one attached hydrogen (secondary N) is 1. The Morgan fingerprint density at radius 3 is 2.71 bits per heavy atom. The molecule has 7 heteroatoms. The molecule has 0 aromatic carbocycles. The summed E-state index contributed by atoms with van der Waals surface area (Å²) in [5, 5.41) is 6.90. The van der Waals surface area contributed by atoms with Gasteiger partial charge in [0.1, 0.15) is 5.60 Å². The third-order valence-electron chi connectivity index (χ3n) is 2.97. The molecule has 1 aromatic heterocycles. The standard InChI is InChI=1S/C14H27N5O2/c1-14(2,3)21-13(20)16-8-12(6-15)18(4)9-11-7-17-19(5)10-11/h7,10,12H,6,8-9,15H2,1-5H3,(H,16,20). The first kappa shape index (κ1) is 17.5. The number of alkyl carbamates (subject to hydrolysis) is 1. The molecule has 0 saturated heterocycles. The average Bonchev–Trinajstić information content (AvgIpc) is 2.73. The molecule has 7 nitrogen and oxygen atoms in total. The SMILES string of the molecule is CN(Cc1cnn(C)c1)C(CN)CNC(=O)OC(C)(C)C. The van der Waals surface area contributed by atoms with E-state index in [0.29, 0.717) is 13.1 Å². The minimum atomic E-state index is -0.496. The Bertz CT molecular complexity index is 452. The Labute approximate surface area is 126 Å². The molecule has 1 unspecified atom stereocenters. The molecule has 0 fully saturated rings. The first-order valence-electron chi connectivity index (χ1n) is 7.06. The van der Waals surface area contributed by atoms with Crippen molar-refractivity contribution >= 4 is 6.09 Å². The van der Waals surface area contributed by atoms with E-state index in [2.05, 4.69) is 15.3 Å². The lowest BCUT2D eigenvalue weighted by Crippen LogP contribution is -2.46. The van der Waals surface area contributed by atoms with E-state index in [-0.39, 0.29) is 6.04 Å². The molecule has 1 aromatic rings. The quantitative estimate of drug-likeness (QED) is 0.807. The van der Waals surface area contributed by atoms with Crippen LogP contribution in [0.4, 0.5) is 4.79 Å². The topological polar surface area (TPSA) is 85.4 Å². The molecule has 120 valence electrons. The van der Waals surface area contributed by atoms with Crippen LogP contribution in [0.15, 0.2) is 12.4 Å². The molecule has 21 heavy (non-hydrogen) atoms. The van der Waals surface area contributed by atoms with E-state index in [4.69, 9.17) is 10.5 Å². The molecule has 0 aliphatic carbocycles. The zero-order valence-electron chi connectivity index (χ0n) is 13.6. The second-order valence-electron chi connectivity index (χ2n) is 6.21. The summed E-state index contributed by atoms with van der Waals surface area (Å²) in [5.41, 5.74) is 6.40. The number of hydrogen-bond donors (Lipinski definition) is 2. The number of aromatic nitrogens is 2. The molecule has 0 bridgehead atoms. The molecule has 1 rings (SSSR count). The van der Waals surface area contributed by atoms with Gasteiger partial charge in [0.15, 0.2) is 0 Å². The van der Waals surface area contributed by atoms with Gasteiger partial charge in [0.2, 0.25) is 0 Å². The minimum Gasteiger partial charge on any atom is -0.444 e. The molecule has 1 atom stereocenters. The summed E-state index contributed by atoms with van der Waals surface area (Å²) in [4.78, 5) is 13.7. The molecule has 3 N–H and O–H groups in total. The fourth-order valence-electron chi connectivity index (χ4n) is 1.91. The Kier molecular flexibility index (Phi) is 6.17. The summed E-state index contributed by atoms with van der Waals surface area (Å²) >= 11 is 0. The number of aryl methyl sites for hydroxylation is 1. The fraction of sp³-hybridized carbons (Fsp3) is 0.714. The van der Waals surface area contributed by atoms with Crippen LogP contribution in [0.25, 0.3) is 0 Å². The van der Waals surface area contributed by atoms with Gasteiger partial charge in [-0.3, -0.25) is 9.58 Å². The summed E-state index contributed by atoms with van der Waals surface area (Å²) in [5.74, 6) is 0. The number of carbonyl (C=O) groups excluding carboxylic acids is 1. The van der Waals surface area contributed by atoms with Crippen molar-refractivity contribution in [3.05, 3.63) is 18.0 Å². The van der Waals surface area contributed by atoms with Crippen LogP contribution in [-0.4, -0.2) is 52.6 Å². The molecule has 0 spiro atoms. The molecular weight excluding hydrogens is 270 g/mol. The van der Waals surface area contributed by atoms with Crippen LogP contribution in [0.5, 0.6) is 0 Å². The minimum absolute atomic E-state index is 0.0396. The lowest BCUT2D eigenvalue weighted by atomic mass is 10.2. The van der Waals surface area contributed by atoms with E-state index in [1.54, 1.807) is 4.68 Å². The number of carbonyl (C=O) groups is 1. The van der Waals surface area contributed by atoms with Crippen LogP contribution in [0, 0.1) is 0 Å². The largest absolute Gasteiger partial charge is 0.444 e. The van der Waals surface area contributed by atoms with Crippen LogP contribution in [0.2, 0.25) is 0 Å². The lowest BCUT2D eigenvalue weighted by molar-refractivity contribution is 0.0511. The third-order valence-corrected chi connectivity index (χ3v) is 2.97. The van der Waals surface area contributed by atoms with Crippen molar-refractivity contribution in [3.8, 4) is 0 Å². The summed E-state index contributed by atoms with van der Waals surface area (Å²) in [7, 11) is 3.86. The number of rotatable bonds is 6. The smallest absolute Gasteiger partial charge is 0.407 e. The second-order valence-corrected chi connectivity index (χ2v) is 6.21. The van der Waals surface area contributed by atoms with Gasteiger partial charge in [0.25, 0.3) is 0 Å². The molecule has 1 heterocycles. The normalized spacial score (nSPS) is 13.3. The van der Waals surface area contributed by atoms with E-state index in [1.165, 1.54) is 0 Å². The van der Waals surface area contributed by atoms with Crippen LogP contribution in [0.3, 0.4) is 0 Å². The highest BCUT2D eigenvalue weighted by molar-refractivity contribution is 5.67. The summed E-state index contributed by atoms with van der Waals surface area (Å²) in [6.45, 7) is 7.13.